The van der Waals surface area contributed by atoms with Crippen molar-refractivity contribution >= 4 is 11.8 Å². The molecule has 1 spiro atoms. The molecular weight excluding hydrogens is 290 g/mol. The largest absolute Gasteiger partial charge is 0.493 e. The van der Waals surface area contributed by atoms with Crippen molar-refractivity contribution in [3.05, 3.63) is 29.3 Å². The van der Waals surface area contributed by atoms with E-state index in [0.29, 0.717) is 26.0 Å². The number of hydrogen-bond donors (Lipinski definition) is 0. The minimum Gasteiger partial charge on any atom is -0.493 e. The summed E-state index contributed by atoms with van der Waals surface area (Å²) in [5.74, 6) is 0.981. The lowest BCUT2D eigenvalue weighted by molar-refractivity contribution is -0.141. The van der Waals surface area contributed by atoms with Crippen molar-refractivity contribution in [3.8, 4) is 5.75 Å². The normalized spacial score (nSPS) is 19.8. The van der Waals surface area contributed by atoms with E-state index in [-0.39, 0.29) is 17.2 Å². The van der Waals surface area contributed by atoms with Gasteiger partial charge in [-0.3, -0.25) is 14.5 Å². The highest BCUT2D eigenvalue weighted by atomic mass is 16.5. The van der Waals surface area contributed by atoms with E-state index in [1.807, 2.05) is 32.0 Å². The van der Waals surface area contributed by atoms with Crippen molar-refractivity contribution in [2.45, 2.75) is 52.4 Å². The lowest BCUT2D eigenvalue weighted by Crippen LogP contribution is -2.35. The van der Waals surface area contributed by atoms with Crippen LogP contribution in [0.15, 0.2) is 18.2 Å². The summed E-state index contributed by atoms with van der Waals surface area (Å²) in [5.41, 5.74) is 1.87. The summed E-state index contributed by atoms with van der Waals surface area (Å²) >= 11 is 0. The number of likely N-dealkylation sites (tertiary alicyclic amines) is 1. The van der Waals surface area contributed by atoms with Crippen LogP contribution >= 0.6 is 0 Å². The number of imide groups is 1. The molecule has 1 heterocycles. The van der Waals surface area contributed by atoms with Gasteiger partial charge in [0.15, 0.2) is 0 Å². The highest BCUT2D eigenvalue weighted by Crippen LogP contribution is 2.46. The Morgan fingerprint density at radius 2 is 1.78 bits per heavy atom. The van der Waals surface area contributed by atoms with Crippen LogP contribution in [0.25, 0.3) is 0 Å². The molecule has 1 aliphatic heterocycles. The van der Waals surface area contributed by atoms with Gasteiger partial charge >= 0.3 is 0 Å². The Kier molecular flexibility index (Phi) is 4.42. The molecule has 3 rings (SSSR count). The molecule has 0 unspecified atom stereocenters. The molecule has 0 aromatic heterocycles. The van der Waals surface area contributed by atoms with Crippen LogP contribution in [0.2, 0.25) is 0 Å². The third-order valence-corrected chi connectivity index (χ3v) is 5.23. The topological polar surface area (TPSA) is 46.6 Å². The molecule has 2 fully saturated rings. The van der Waals surface area contributed by atoms with Crippen molar-refractivity contribution in [2.24, 2.45) is 5.41 Å². The molecule has 2 amide bonds. The van der Waals surface area contributed by atoms with Crippen LogP contribution in [-0.2, 0) is 9.59 Å². The summed E-state index contributed by atoms with van der Waals surface area (Å²) < 4.78 is 5.87. The van der Waals surface area contributed by atoms with E-state index in [9.17, 15) is 9.59 Å². The van der Waals surface area contributed by atoms with Crippen LogP contribution in [-0.4, -0.2) is 29.9 Å². The second-order valence-electron chi connectivity index (χ2n) is 6.94. The molecular formula is C19H25NO3. The van der Waals surface area contributed by atoms with Crippen LogP contribution < -0.4 is 4.74 Å². The van der Waals surface area contributed by atoms with E-state index < -0.39 is 0 Å². The molecule has 1 saturated carbocycles. The minimum absolute atomic E-state index is 0.00368. The Bertz CT molecular complexity index is 597. The van der Waals surface area contributed by atoms with Gasteiger partial charge in [0, 0.05) is 13.0 Å². The number of rotatable bonds is 5. The Morgan fingerprint density at radius 1 is 1.13 bits per heavy atom. The molecule has 1 saturated heterocycles. The number of nitrogens with zero attached hydrogens (tertiary/aromatic N) is 1. The van der Waals surface area contributed by atoms with Gasteiger partial charge in [0.2, 0.25) is 11.8 Å². The Balaban J connectivity index is 1.53. The van der Waals surface area contributed by atoms with Gasteiger partial charge in [0.25, 0.3) is 0 Å². The molecule has 0 bridgehead atoms. The fourth-order valence-electron chi connectivity index (χ4n) is 3.95. The number of carbonyl (C=O) groups is 2. The predicted octanol–water partition coefficient (Wildman–Crippen LogP) is 3.39. The third-order valence-electron chi connectivity index (χ3n) is 5.23. The van der Waals surface area contributed by atoms with Gasteiger partial charge in [-0.1, -0.05) is 31.0 Å². The minimum atomic E-state index is -0.357. The Morgan fingerprint density at radius 3 is 2.43 bits per heavy atom. The molecule has 0 radical (unpaired) electrons. The number of para-hydroxylation sites is 1. The quantitative estimate of drug-likeness (QED) is 0.618. The molecule has 2 aliphatic rings. The summed E-state index contributed by atoms with van der Waals surface area (Å²) in [7, 11) is 0. The monoisotopic (exact) mass is 315 g/mol. The predicted molar refractivity (Wildman–Crippen MR) is 88.3 cm³/mol. The van der Waals surface area contributed by atoms with Crippen molar-refractivity contribution in [3.63, 3.8) is 0 Å². The number of ether oxygens (including phenoxy) is 1. The van der Waals surface area contributed by atoms with Gasteiger partial charge < -0.3 is 4.74 Å². The zero-order valence-corrected chi connectivity index (χ0v) is 14.1. The highest BCUT2D eigenvalue weighted by Gasteiger charge is 2.52. The van der Waals surface area contributed by atoms with Gasteiger partial charge in [-0.2, -0.15) is 0 Å². The standard InChI is InChI=1S/C19H25NO3/c1-14-7-5-8-15(2)17(14)23-12-6-11-20-16(21)13-19(18(20)22)9-3-4-10-19/h5,7-8H,3-4,6,9-13H2,1-2H3. The number of carbonyl (C=O) groups excluding carboxylic acids is 2. The van der Waals surface area contributed by atoms with Gasteiger partial charge in [0.1, 0.15) is 5.75 Å². The fourth-order valence-corrected chi connectivity index (χ4v) is 3.95. The number of aryl methyl sites for hydroxylation is 2. The number of hydrogen-bond acceptors (Lipinski definition) is 3. The molecule has 1 aromatic carbocycles. The van der Waals surface area contributed by atoms with Gasteiger partial charge in [-0.25, -0.2) is 0 Å². The molecule has 0 N–H and O–H groups in total. The fraction of sp³-hybridized carbons (Fsp3) is 0.579. The second-order valence-corrected chi connectivity index (χ2v) is 6.94. The first-order chi connectivity index (χ1) is 11.0. The van der Waals surface area contributed by atoms with Crippen molar-refractivity contribution in [1.82, 2.24) is 4.90 Å². The molecule has 23 heavy (non-hydrogen) atoms. The molecule has 4 nitrogen and oxygen atoms in total. The highest BCUT2D eigenvalue weighted by molar-refractivity contribution is 6.06. The van der Waals surface area contributed by atoms with Crippen molar-refractivity contribution < 1.29 is 14.3 Å². The maximum atomic E-state index is 12.6. The van der Waals surface area contributed by atoms with E-state index >= 15 is 0 Å². The van der Waals surface area contributed by atoms with Gasteiger partial charge in [-0.15, -0.1) is 0 Å². The van der Waals surface area contributed by atoms with Crippen LogP contribution in [0, 0.1) is 19.3 Å². The van der Waals surface area contributed by atoms with Crippen molar-refractivity contribution in [1.29, 1.82) is 0 Å². The maximum absolute atomic E-state index is 12.6. The van der Waals surface area contributed by atoms with Crippen LogP contribution in [0.5, 0.6) is 5.75 Å². The van der Waals surface area contributed by atoms with E-state index in [1.54, 1.807) is 0 Å². The smallest absolute Gasteiger partial charge is 0.235 e. The number of benzene rings is 1. The third kappa shape index (κ3) is 2.99. The molecule has 0 atom stereocenters. The first kappa shape index (κ1) is 16.0. The second kappa shape index (κ2) is 6.34. The lowest BCUT2D eigenvalue weighted by Gasteiger charge is -2.21. The molecule has 1 aromatic rings. The van der Waals surface area contributed by atoms with Crippen LogP contribution in [0.3, 0.4) is 0 Å². The molecule has 1 aliphatic carbocycles. The average Bonchev–Trinajstić information content (AvgIpc) is 3.06. The summed E-state index contributed by atoms with van der Waals surface area (Å²) in [4.78, 5) is 26.2. The summed E-state index contributed by atoms with van der Waals surface area (Å²) in [6.45, 7) is 5.06. The molecule has 124 valence electrons. The zero-order valence-electron chi connectivity index (χ0n) is 14.1. The van der Waals surface area contributed by atoms with Crippen LogP contribution in [0.1, 0.15) is 49.7 Å². The Hall–Kier alpha value is -1.84. The average molecular weight is 315 g/mol. The van der Waals surface area contributed by atoms with Crippen LogP contribution in [0.4, 0.5) is 0 Å². The van der Waals surface area contributed by atoms with E-state index in [0.717, 1.165) is 42.6 Å². The first-order valence-corrected chi connectivity index (χ1v) is 8.57. The zero-order chi connectivity index (χ0) is 16.4. The summed E-state index contributed by atoms with van der Waals surface area (Å²) in [6.07, 6.45) is 5.01. The Labute approximate surface area is 137 Å². The van der Waals surface area contributed by atoms with Gasteiger partial charge in [-0.05, 0) is 44.2 Å². The molecule has 4 heteroatoms. The van der Waals surface area contributed by atoms with E-state index in [4.69, 9.17) is 4.74 Å². The number of amides is 2. The van der Waals surface area contributed by atoms with E-state index in [2.05, 4.69) is 0 Å². The van der Waals surface area contributed by atoms with E-state index in [1.165, 1.54) is 4.90 Å². The first-order valence-electron chi connectivity index (χ1n) is 8.57. The maximum Gasteiger partial charge on any atom is 0.235 e. The summed E-state index contributed by atoms with van der Waals surface area (Å²) in [5, 5.41) is 0. The van der Waals surface area contributed by atoms with Crippen molar-refractivity contribution in [2.75, 3.05) is 13.2 Å². The summed E-state index contributed by atoms with van der Waals surface area (Å²) in [6, 6.07) is 6.07. The van der Waals surface area contributed by atoms with Gasteiger partial charge in [0.05, 0.1) is 12.0 Å². The lowest BCUT2D eigenvalue weighted by atomic mass is 9.84. The SMILES string of the molecule is Cc1cccc(C)c1OCCCN1C(=O)CC2(CCCC2)C1=O.